The van der Waals surface area contributed by atoms with Gasteiger partial charge in [-0.25, -0.2) is 22.7 Å². The van der Waals surface area contributed by atoms with Crippen LogP contribution in [-0.2, 0) is 16.4 Å². The Morgan fingerprint density at radius 2 is 1.95 bits per heavy atom. The summed E-state index contributed by atoms with van der Waals surface area (Å²) in [6.45, 7) is 1.92. The van der Waals surface area contributed by atoms with Crippen molar-refractivity contribution in [2.75, 3.05) is 45.9 Å². The van der Waals surface area contributed by atoms with Gasteiger partial charge in [0, 0.05) is 24.7 Å². The zero-order valence-electron chi connectivity index (χ0n) is 22.4. The molecule has 1 saturated carbocycles. The first-order chi connectivity index (χ1) is 18.0. The van der Waals surface area contributed by atoms with E-state index in [2.05, 4.69) is 32.5 Å². The van der Waals surface area contributed by atoms with Crippen molar-refractivity contribution >= 4 is 39.2 Å². The van der Waals surface area contributed by atoms with Crippen LogP contribution in [0.4, 0.5) is 11.6 Å². The smallest absolute Gasteiger partial charge is 0.251 e. The third-order valence-corrected chi connectivity index (χ3v) is 9.28. The molecule has 0 radical (unpaired) electrons. The van der Waals surface area contributed by atoms with Gasteiger partial charge in [-0.05, 0) is 76.4 Å². The number of sulfonamides is 1. The van der Waals surface area contributed by atoms with Crippen molar-refractivity contribution in [2.45, 2.75) is 58.0 Å². The second kappa shape index (κ2) is 13.3. The highest BCUT2D eigenvalue weighted by molar-refractivity contribution is 7.88. The number of piperidine rings is 1. The molecule has 4 rings (SSSR count). The largest absolute Gasteiger partial charge is 0.495 e. The number of rotatable bonds is 9. The summed E-state index contributed by atoms with van der Waals surface area (Å²) in [6.07, 6.45) is 7.82. The van der Waals surface area contributed by atoms with Crippen LogP contribution >= 0.6 is 11.6 Å². The predicted octanol–water partition coefficient (Wildman–Crippen LogP) is 3.94. The fourth-order valence-corrected chi connectivity index (χ4v) is 6.26. The fraction of sp³-hybridized carbons (Fsp3) is 0.593. The maximum atomic E-state index is 13.0. The van der Waals surface area contributed by atoms with E-state index in [0.29, 0.717) is 40.1 Å². The van der Waals surface area contributed by atoms with E-state index in [1.807, 2.05) is 0 Å². The Bertz CT molecular complexity index is 1250. The van der Waals surface area contributed by atoms with Gasteiger partial charge in [-0.3, -0.25) is 4.79 Å². The van der Waals surface area contributed by atoms with Crippen molar-refractivity contribution in [3.05, 3.63) is 40.7 Å². The molecule has 0 bridgehead atoms. The molecule has 1 aromatic carbocycles. The number of carbonyl (C=O) groups is 1. The molecule has 1 aromatic heterocycles. The van der Waals surface area contributed by atoms with Crippen LogP contribution in [0.15, 0.2) is 24.4 Å². The summed E-state index contributed by atoms with van der Waals surface area (Å²) in [5, 5.41) is 6.75. The van der Waals surface area contributed by atoms with Crippen LogP contribution in [0.1, 0.15) is 55.6 Å². The van der Waals surface area contributed by atoms with E-state index < -0.39 is 10.0 Å². The number of amides is 1. The third kappa shape index (κ3) is 7.81. The Morgan fingerprint density at radius 3 is 2.62 bits per heavy atom. The van der Waals surface area contributed by atoms with Crippen LogP contribution in [-0.4, -0.2) is 86.1 Å². The summed E-state index contributed by atoms with van der Waals surface area (Å²) in [7, 11) is 1.99. The lowest BCUT2D eigenvalue weighted by Gasteiger charge is -2.29. The summed E-state index contributed by atoms with van der Waals surface area (Å²) in [4.78, 5) is 24.2. The van der Waals surface area contributed by atoms with Gasteiger partial charge in [-0.15, -0.1) is 0 Å². The van der Waals surface area contributed by atoms with Crippen molar-refractivity contribution in [3.63, 3.8) is 0 Å². The van der Waals surface area contributed by atoms with Gasteiger partial charge < -0.3 is 20.3 Å². The van der Waals surface area contributed by atoms with Gasteiger partial charge >= 0.3 is 0 Å². The predicted molar refractivity (Wildman–Crippen MR) is 155 cm³/mol. The molecule has 0 spiro atoms. The maximum absolute atomic E-state index is 13.0. The first-order valence-corrected chi connectivity index (χ1v) is 15.2. The number of nitrogens with zero attached hydrogens (tertiary/aromatic N) is 4. The minimum absolute atomic E-state index is 0. The Balaban J connectivity index is 0.00000420. The molecule has 1 aliphatic carbocycles. The quantitative estimate of drug-likeness (QED) is 0.458. The molecule has 2 aromatic rings. The summed E-state index contributed by atoms with van der Waals surface area (Å²) in [5.41, 5.74) is 1.73. The monoisotopic (exact) mass is 580 g/mol. The lowest BCUT2D eigenvalue weighted by Crippen LogP contribution is -2.43. The molecule has 2 N–H and O–H groups in total. The lowest BCUT2D eigenvalue weighted by atomic mass is 9.97. The Morgan fingerprint density at radius 1 is 1.23 bits per heavy atom. The number of hydrogen-bond acceptors (Lipinski definition) is 8. The van der Waals surface area contributed by atoms with Gasteiger partial charge in [-0.2, -0.15) is 0 Å². The van der Waals surface area contributed by atoms with Crippen LogP contribution < -0.4 is 15.4 Å². The number of halogens is 1. The zero-order chi connectivity index (χ0) is 27.4. The highest BCUT2D eigenvalue weighted by Gasteiger charge is 2.35. The van der Waals surface area contributed by atoms with E-state index in [1.165, 1.54) is 10.6 Å². The average molecular weight is 581 g/mol. The number of aromatic nitrogens is 2. The molecule has 10 nitrogen and oxygen atoms in total. The minimum Gasteiger partial charge on any atom is -0.495 e. The van der Waals surface area contributed by atoms with Gasteiger partial charge in [0.05, 0.1) is 36.0 Å². The number of nitrogens with one attached hydrogen (secondary N) is 2. The number of carbonyl (C=O) groups excluding carboxylic acids is 1. The Hall–Kier alpha value is -2.47. The second-order valence-corrected chi connectivity index (χ2v) is 12.8. The van der Waals surface area contributed by atoms with E-state index in [0.717, 1.165) is 45.2 Å². The summed E-state index contributed by atoms with van der Waals surface area (Å²) in [6, 6.07) is 5.27. The van der Waals surface area contributed by atoms with E-state index in [4.69, 9.17) is 16.3 Å². The third-order valence-electron chi connectivity index (χ3n) is 7.64. The standard InChI is InChI=1S/C26H37ClN6O4S.CH4/c1-32-12-10-19(11-13-32)29-25(34)18-8-9-24(37-3)22(15-18)31-26-28-16-20(27)21(30-26)14-17-6-5-7-23(17)33(2)38(4,35)36;/h8-9,15-17,19,23H,5-7,10-14H2,1-4H3,(H,29,34)(H,28,30,31);1H4/t17-,23+;/m0./s1. The lowest BCUT2D eigenvalue weighted by molar-refractivity contribution is 0.0917. The highest BCUT2D eigenvalue weighted by Crippen LogP contribution is 2.35. The topological polar surface area (TPSA) is 117 Å². The number of anilines is 2. The van der Waals surface area contributed by atoms with Crippen LogP contribution in [0.2, 0.25) is 5.02 Å². The van der Waals surface area contributed by atoms with Gasteiger partial charge in [0.25, 0.3) is 5.91 Å². The van der Waals surface area contributed by atoms with E-state index in [-0.39, 0.29) is 31.3 Å². The second-order valence-electron chi connectivity index (χ2n) is 10.3. The summed E-state index contributed by atoms with van der Waals surface area (Å²) < 4.78 is 31.2. The van der Waals surface area contributed by atoms with E-state index in [1.54, 1.807) is 38.6 Å². The molecule has 1 amide bonds. The van der Waals surface area contributed by atoms with Crippen molar-refractivity contribution in [1.29, 1.82) is 0 Å². The molecule has 2 atom stereocenters. The normalized spacial score (nSPS) is 20.5. The van der Waals surface area contributed by atoms with Crippen molar-refractivity contribution in [3.8, 4) is 5.75 Å². The SMILES string of the molecule is C.COc1ccc(C(=O)NC2CCN(C)CC2)cc1Nc1ncc(Cl)c(C[C@@H]2CCC[C@H]2N(C)S(C)(=O)=O)n1. The van der Waals surface area contributed by atoms with Gasteiger partial charge in [-0.1, -0.05) is 25.4 Å². The van der Waals surface area contributed by atoms with Gasteiger partial charge in [0.2, 0.25) is 16.0 Å². The van der Waals surface area contributed by atoms with E-state index in [9.17, 15) is 13.2 Å². The van der Waals surface area contributed by atoms with Gasteiger partial charge in [0.15, 0.2) is 0 Å². The summed E-state index contributed by atoms with van der Waals surface area (Å²) in [5.74, 6) is 0.842. The molecular formula is C27H41ClN6O4S. The van der Waals surface area contributed by atoms with Crippen LogP contribution in [0, 0.1) is 5.92 Å². The van der Waals surface area contributed by atoms with E-state index >= 15 is 0 Å². The molecular weight excluding hydrogens is 540 g/mol. The highest BCUT2D eigenvalue weighted by atomic mass is 35.5. The first-order valence-electron chi connectivity index (χ1n) is 12.9. The molecule has 2 fully saturated rings. The number of likely N-dealkylation sites (tertiary alicyclic amines) is 1. The maximum Gasteiger partial charge on any atom is 0.251 e. The molecule has 0 unspecified atom stereocenters. The molecule has 12 heteroatoms. The molecule has 1 saturated heterocycles. The first kappa shape index (κ1) is 31.1. The molecule has 39 heavy (non-hydrogen) atoms. The number of methoxy groups -OCH3 is 1. The molecule has 216 valence electrons. The average Bonchev–Trinajstić information content (AvgIpc) is 3.34. The van der Waals surface area contributed by atoms with Gasteiger partial charge in [0.1, 0.15) is 5.75 Å². The molecule has 1 aliphatic heterocycles. The summed E-state index contributed by atoms with van der Waals surface area (Å²) >= 11 is 6.46. The Kier molecular flexibility index (Phi) is 10.6. The van der Waals surface area contributed by atoms with Crippen molar-refractivity contribution < 1.29 is 17.9 Å². The fourth-order valence-electron chi connectivity index (χ4n) is 5.32. The van der Waals surface area contributed by atoms with Crippen LogP contribution in [0.5, 0.6) is 5.75 Å². The minimum atomic E-state index is -3.29. The molecule has 2 aliphatic rings. The number of benzene rings is 1. The van der Waals surface area contributed by atoms with Crippen LogP contribution in [0.3, 0.4) is 0 Å². The molecule has 2 heterocycles. The number of ether oxygens (including phenoxy) is 1. The van der Waals surface area contributed by atoms with Crippen LogP contribution in [0.25, 0.3) is 0 Å². The zero-order valence-corrected chi connectivity index (χ0v) is 24.0. The van der Waals surface area contributed by atoms with Crippen molar-refractivity contribution in [1.82, 2.24) is 24.5 Å². The van der Waals surface area contributed by atoms with Crippen molar-refractivity contribution in [2.24, 2.45) is 5.92 Å². The number of hydrogen-bond donors (Lipinski definition) is 2. The Labute approximate surface area is 237 Å².